The average molecular weight is 275 g/mol. The Morgan fingerprint density at radius 1 is 1.40 bits per heavy atom. The number of aromatic amines is 1. The number of nitrogens with zero attached hydrogens (tertiary/aromatic N) is 2. The Bertz CT molecular complexity index is 579. The van der Waals surface area contributed by atoms with Crippen LogP contribution in [-0.2, 0) is 6.42 Å². The van der Waals surface area contributed by atoms with Gasteiger partial charge in [0.05, 0.1) is 17.5 Å². The Hall–Kier alpha value is -2.04. The maximum absolute atomic E-state index is 12.2. The summed E-state index contributed by atoms with van der Waals surface area (Å²) in [6, 6.07) is 1.72. The summed E-state index contributed by atoms with van der Waals surface area (Å²) in [5.74, 6) is 0.681. The molecule has 108 valence electrons. The molecule has 2 rings (SSSR count). The number of hydrogen-bond acceptors (Lipinski definition) is 3. The fourth-order valence-electron chi connectivity index (χ4n) is 2.35. The summed E-state index contributed by atoms with van der Waals surface area (Å²) < 4.78 is 5.17. The predicted octanol–water partition coefficient (Wildman–Crippen LogP) is 2.63. The van der Waals surface area contributed by atoms with Crippen LogP contribution in [0.3, 0.4) is 0 Å². The summed E-state index contributed by atoms with van der Waals surface area (Å²) in [5.41, 5.74) is 4.05. The lowest BCUT2D eigenvalue weighted by molar-refractivity contribution is 0.0792. The molecule has 1 amide bonds. The summed E-state index contributed by atoms with van der Waals surface area (Å²) in [7, 11) is 1.82. The number of amides is 1. The van der Waals surface area contributed by atoms with Crippen molar-refractivity contribution in [1.82, 2.24) is 15.1 Å². The highest BCUT2D eigenvalue weighted by molar-refractivity contribution is 5.94. The van der Waals surface area contributed by atoms with Crippen molar-refractivity contribution in [3.8, 4) is 0 Å². The molecule has 0 aliphatic rings. The Labute approximate surface area is 119 Å². The van der Waals surface area contributed by atoms with E-state index in [1.807, 2.05) is 20.9 Å². The molecular weight excluding hydrogens is 254 g/mol. The van der Waals surface area contributed by atoms with Gasteiger partial charge in [-0.05, 0) is 45.2 Å². The number of nitrogens with one attached hydrogen (secondary N) is 1. The molecule has 5 heteroatoms. The van der Waals surface area contributed by atoms with E-state index in [4.69, 9.17) is 4.42 Å². The van der Waals surface area contributed by atoms with Gasteiger partial charge in [0, 0.05) is 19.3 Å². The van der Waals surface area contributed by atoms with Crippen molar-refractivity contribution in [3.63, 3.8) is 0 Å². The van der Waals surface area contributed by atoms with Crippen molar-refractivity contribution in [2.75, 3.05) is 13.6 Å². The van der Waals surface area contributed by atoms with Crippen molar-refractivity contribution >= 4 is 5.91 Å². The third-order valence-corrected chi connectivity index (χ3v) is 3.64. The minimum absolute atomic E-state index is 0.0110. The molecule has 2 heterocycles. The Morgan fingerprint density at radius 3 is 2.70 bits per heavy atom. The van der Waals surface area contributed by atoms with E-state index in [0.717, 1.165) is 24.2 Å². The zero-order valence-electron chi connectivity index (χ0n) is 12.5. The van der Waals surface area contributed by atoms with Gasteiger partial charge in [-0.3, -0.25) is 9.89 Å². The first kappa shape index (κ1) is 14.4. The van der Waals surface area contributed by atoms with Crippen molar-refractivity contribution in [2.24, 2.45) is 0 Å². The summed E-state index contributed by atoms with van der Waals surface area (Å²) >= 11 is 0. The highest BCUT2D eigenvalue weighted by Crippen LogP contribution is 2.14. The van der Waals surface area contributed by atoms with Gasteiger partial charge in [-0.1, -0.05) is 0 Å². The summed E-state index contributed by atoms with van der Waals surface area (Å²) in [4.78, 5) is 13.9. The van der Waals surface area contributed by atoms with Crippen LogP contribution >= 0.6 is 0 Å². The van der Waals surface area contributed by atoms with Crippen molar-refractivity contribution < 1.29 is 9.21 Å². The van der Waals surface area contributed by atoms with Crippen molar-refractivity contribution in [3.05, 3.63) is 40.6 Å². The maximum atomic E-state index is 12.2. The average Bonchev–Trinajstić information content (AvgIpc) is 2.97. The summed E-state index contributed by atoms with van der Waals surface area (Å²) in [6.07, 6.45) is 3.39. The minimum atomic E-state index is 0.0110. The molecule has 1 N–H and O–H groups in total. The Balaban J connectivity index is 1.88. The second-order valence-electron chi connectivity index (χ2n) is 5.13. The molecule has 0 aromatic carbocycles. The van der Waals surface area contributed by atoms with Gasteiger partial charge in [0.15, 0.2) is 0 Å². The number of hydrogen-bond donors (Lipinski definition) is 1. The number of carbonyl (C=O) groups is 1. The third-order valence-electron chi connectivity index (χ3n) is 3.64. The van der Waals surface area contributed by atoms with Gasteiger partial charge >= 0.3 is 0 Å². The van der Waals surface area contributed by atoms with Gasteiger partial charge in [-0.25, -0.2) is 0 Å². The van der Waals surface area contributed by atoms with Crippen LogP contribution in [0.4, 0.5) is 0 Å². The zero-order chi connectivity index (χ0) is 14.7. The Kier molecular flexibility index (Phi) is 4.27. The first-order chi connectivity index (χ1) is 9.50. The van der Waals surface area contributed by atoms with Crippen LogP contribution in [0.2, 0.25) is 0 Å². The van der Waals surface area contributed by atoms with Gasteiger partial charge in [0.1, 0.15) is 5.76 Å². The van der Waals surface area contributed by atoms with Crippen LogP contribution < -0.4 is 0 Å². The van der Waals surface area contributed by atoms with E-state index in [1.165, 1.54) is 5.56 Å². The lowest BCUT2D eigenvalue weighted by Gasteiger charge is -2.16. The lowest BCUT2D eigenvalue weighted by Crippen LogP contribution is -2.28. The largest absolute Gasteiger partial charge is 0.469 e. The SMILES string of the molecule is Cc1n[nH]c(C)c1CCCN(C)C(=O)c1ccoc1C. The molecule has 20 heavy (non-hydrogen) atoms. The highest BCUT2D eigenvalue weighted by atomic mass is 16.3. The molecule has 0 aliphatic heterocycles. The molecule has 0 radical (unpaired) electrons. The second kappa shape index (κ2) is 5.94. The molecule has 2 aromatic heterocycles. The number of aryl methyl sites for hydroxylation is 3. The van der Waals surface area contributed by atoms with E-state index < -0.39 is 0 Å². The van der Waals surface area contributed by atoms with Crippen molar-refractivity contribution in [1.29, 1.82) is 0 Å². The first-order valence-electron chi connectivity index (χ1n) is 6.80. The number of H-pyrrole nitrogens is 1. The maximum Gasteiger partial charge on any atom is 0.257 e. The third kappa shape index (κ3) is 2.92. The molecule has 0 atom stereocenters. The number of aromatic nitrogens is 2. The summed E-state index contributed by atoms with van der Waals surface area (Å²) in [6.45, 7) is 6.55. The van der Waals surface area contributed by atoms with Gasteiger partial charge in [-0.15, -0.1) is 0 Å². The molecule has 0 unspecified atom stereocenters. The number of furan rings is 1. The number of rotatable bonds is 5. The lowest BCUT2D eigenvalue weighted by atomic mass is 10.1. The topological polar surface area (TPSA) is 62.1 Å². The van der Waals surface area contributed by atoms with E-state index in [9.17, 15) is 4.79 Å². The predicted molar refractivity (Wildman–Crippen MR) is 76.8 cm³/mol. The van der Waals surface area contributed by atoms with Crippen molar-refractivity contribution in [2.45, 2.75) is 33.6 Å². The van der Waals surface area contributed by atoms with E-state index in [1.54, 1.807) is 24.2 Å². The molecule has 5 nitrogen and oxygen atoms in total. The summed E-state index contributed by atoms with van der Waals surface area (Å²) in [5, 5.41) is 7.17. The smallest absolute Gasteiger partial charge is 0.257 e. The molecule has 0 saturated heterocycles. The molecule has 0 fully saturated rings. The van der Waals surface area contributed by atoms with Gasteiger partial charge in [0.2, 0.25) is 0 Å². The minimum Gasteiger partial charge on any atom is -0.469 e. The molecular formula is C15H21N3O2. The second-order valence-corrected chi connectivity index (χ2v) is 5.13. The standard InChI is InChI=1S/C15H21N3O2/c1-10-13(11(2)17-16-10)6-5-8-18(4)15(19)14-7-9-20-12(14)3/h7,9H,5-6,8H2,1-4H3,(H,16,17). The molecule has 2 aromatic rings. The fraction of sp³-hybridized carbons (Fsp3) is 0.467. The monoisotopic (exact) mass is 275 g/mol. The quantitative estimate of drug-likeness (QED) is 0.912. The molecule has 0 aliphatic carbocycles. The van der Waals surface area contributed by atoms with E-state index in [2.05, 4.69) is 10.2 Å². The van der Waals surface area contributed by atoms with Gasteiger partial charge < -0.3 is 9.32 Å². The molecule has 0 saturated carbocycles. The van der Waals surface area contributed by atoms with Gasteiger partial charge in [-0.2, -0.15) is 5.10 Å². The molecule has 0 spiro atoms. The van der Waals surface area contributed by atoms with Crippen LogP contribution in [0.5, 0.6) is 0 Å². The van der Waals surface area contributed by atoms with Crippen LogP contribution in [0.25, 0.3) is 0 Å². The van der Waals surface area contributed by atoms with E-state index in [0.29, 0.717) is 17.9 Å². The van der Waals surface area contributed by atoms with E-state index in [-0.39, 0.29) is 5.91 Å². The van der Waals surface area contributed by atoms with Crippen LogP contribution in [0, 0.1) is 20.8 Å². The van der Waals surface area contributed by atoms with Gasteiger partial charge in [0.25, 0.3) is 5.91 Å². The van der Waals surface area contributed by atoms with E-state index >= 15 is 0 Å². The van der Waals surface area contributed by atoms with Crippen LogP contribution in [0.15, 0.2) is 16.7 Å². The Morgan fingerprint density at radius 2 is 2.15 bits per heavy atom. The fourth-order valence-corrected chi connectivity index (χ4v) is 2.35. The zero-order valence-corrected chi connectivity index (χ0v) is 12.5. The molecule has 0 bridgehead atoms. The van der Waals surface area contributed by atoms with Crippen LogP contribution in [-0.4, -0.2) is 34.6 Å². The number of carbonyl (C=O) groups excluding carboxylic acids is 1. The normalized spacial score (nSPS) is 10.8. The highest BCUT2D eigenvalue weighted by Gasteiger charge is 2.16. The first-order valence-corrected chi connectivity index (χ1v) is 6.80. The van der Waals surface area contributed by atoms with Crippen LogP contribution in [0.1, 0.15) is 39.5 Å².